The summed E-state index contributed by atoms with van der Waals surface area (Å²) in [5.74, 6) is 2.74. The van der Waals surface area contributed by atoms with Crippen LogP contribution in [0.2, 0.25) is 0 Å². The number of nitrogens with one attached hydrogen (secondary N) is 1. The Morgan fingerprint density at radius 3 is 2.67 bits per heavy atom. The van der Waals surface area contributed by atoms with E-state index in [1.807, 2.05) is 30.4 Å². The molecule has 2 fully saturated rings. The molecule has 4 heterocycles. The Hall–Kier alpha value is -3.82. The van der Waals surface area contributed by atoms with Gasteiger partial charge in [0.1, 0.15) is 29.3 Å². The number of nitrogens with zero attached hydrogens (tertiary/aromatic N) is 5. The minimum Gasteiger partial charge on any atom is -0.508 e. The largest absolute Gasteiger partial charge is 0.508 e. The first-order valence-electron chi connectivity index (χ1n) is 12.6. The van der Waals surface area contributed by atoms with Gasteiger partial charge in [0.25, 0.3) is 0 Å². The number of pyridine rings is 1. The van der Waals surface area contributed by atoms with Gasteiger partial charge in [0.2, 0.25) is 0 Å². The van der Waals surface area contributed by atoms with Gasteiger partial charge in [-0.2, -0.15) is 0 Å². The lowest BCUT2D eigenvalue weighted by atomic mass is 9.97. The maximum Gasteiger partial charge on any atom is 0.306 e. The Labute approximate surface area is 210 Å². The Kier molecular flexibility index (Phi) is 7.20. The highest BCUT2D eigenvalue weighted by atomic mass is 16.5. The van der Waals surface area contributed by atoms with Crippen molar-refractivity contribution in [1.82, 2.24) is 15.0 Å². The maximum absolute atomic E-state index is 11.2. The molecule has 190 valence electrons. The molecule has 2 saturated heterocycles. The van der Waals surface area contributed by atoms with Crippen molar-refractivity contribution in [3.05, 3.63) is 54.3 Å². The number of anilines is 4. The molecule has 0 saturated carbocycles. The smallest absolute Gasteiger partial charge is 0.306 e. The fourth-order valence-electron chi connectivity index (χ4n) is 4.88. The average molecular weight is 493 g/mol. The van der Waals surface area contributed by atoms with Crippen molar-refractivity contribution >= 4 is 29.2 Å². The second kappa shape index (κ2) is 10.8. The van der Waals surface area contributed by atoms with Gasteiger partial charge in [-0.3, -0.25) is 9.78 Å². The zero-order chi connectivity index (χ0) is 24.9. The van der Waals surface area contributed by atoms with E-state index in [0.717, 1.165) is 37.4 Å². The molecule has 2 aromatic rings. The predicted molar refractivity (Wildman–Crippen MR) is 136 cm³/mol. The van der Waals surface area contributed by atoms with Crippen molar-refractivity contribution in [3.63, 3.8) is 0 Å². The van der Waals surface area contributed by atoms with Gasteiger partial charge in [0, 0.05) is 26.1 Å². The van der Waals surface area contributed by atoms with Crippen LogP contribution in [0.5, 0.6) is 0 Å². The van der Waals surface area contributed by atoms with Crippen molar-refractivity contribution in [1.29, 1.82) is 0 Å². The molecule has 3 aliphatic rings. The summed E-state index contributed by atoms with van der Waals surface area (Å²) in [5, 5.41) is 22.6. The third kappa shape index (κ3) is 5.69. The number of aromatic nitrogens is 3. The summed E-state index contributed by atoms with van der Waals surface area (Å²) in [7, 11) is 0. The lowest BCUT2D eigenvalue weighted by Gasteiger charge is -2.34. The van der Waals surface area contributed by atoms with Gasteiger partial charge in [0.15, 0.2) is 11.6 Å². The van der Waals surface area contributed by atoms with E-state index in [0.29, 0.717) is 62.1 Å². The molecule has 10 heteroatoms. The summed E-state index contributed by atoms with van der Waals surface area (Å²) < 4.78 is 6.10. The number of aliphatic carboxylic acids is 1. The van der Waals surface area contributed by atoms with Crippen LogP contribution in [0.1, 0.15) is 38.5 Å². The van der Waals surface area contributed by atoms with Crippen LogP contribution in [0.4, 0.5) is 23.3 Å². The highest BCUT2D eigenvalue weighted by Crippen LogP contribution is 2.27. The number of carboxylic acid groups (broad SMARTS) is 1. The molecule has 10 nitrogen and oxygen atoms in total. The molecule has 1 aliphatic carbocycles. The Morgan fingerprint density at radius 2 is 1.86 bits per heavy atom. The van der Waals surface area contributed by atoms with Gasteiger partial charge in [-0.05, 0) is 50.3 Å². The number of aliphatic hydroxyl groups excluding tert-OH is 1. The molecule has 0 amide bonds. The molecular weight excluding hydrogens is 460 g/mol. The Morgan fingerprint density at radius 1 is 1.03 bits per heavy atom. The van der Waals surface area contributed by atoms with Gasteiger partial charge < -0.3 is 30.1 Å². The zero-order valence-corrected chi connectivity index (χ0v) is 20.2. The number of hydrogen-bond donors (Lipinski definition) is 3. The summed E-state index contributed by atoms with van der Waals surface area (Å²) in [6, 6.07) is 5.75. The van der Waals surface area contributed by atoms with Crippen LogP contribution in [0.15, 0.2) is 54.3 Å². The van der Waals surface area contributed by atoms with Gasteiger partial charge in [-0.1, -0.05) is 12.1 Å². The molecule has 2 aliphatic heterocycles. The minimum atomic E-state index is -0.718. The standard InChI is InChI=1S/C26H32N6O4/c33-20-6-1-2-7-21(20)36-19-5-4-12-32(17-19)25-16-27-15-23(30-25)28-22-8-3-9-24(29-22)31-13-10-18(11-14-31)26(34)35/h2-3,7-9,15-16,18-19,33H,1,4-6,10-14,17H2,(H,34,35)(H,28,29,30)/t19-/m1/s1. The summed E-state index contributed by atoms with van der Waals surface area (Å²) in [6.07, 6.45) is 11.9. The maximum atomic E-state index is 11.2. The lowest BCUT2D eigenvalue weighted by Crippen LogP contribution is -2.40. The van der Waals surface area contributed by atoms with Crippen LogP contribution < -0.4 is 15.1 Å². The van der Waals surface area contributed by atoms with Gasteiger partial charge in [-0.15, -0.1) is 0 Å². The number of ether oxygens (including phenoxy) is 1. The molecular formula is C26H32N6O4. The summed E-state index contributed by atoms with van der Waals surface area (Å²) >= 11 is 0. The molecule has 0 spiro atoms. The third-order valence-electron chi connectivity index (χ3n) is 6.88. The Bertz CT molecular complexity index is 1140. The number of allylic oxidation sites excluding steroid dienone is 3. The lowest BCUT2D eigenvalue weighted by molar-refractivity contribution is -0.142. The van der Waals surface area contributed by atoms with Gasteiger partial charge in [0.05, 0.1) is 24.9 Å². The van der Waals surface area contributed by atoms with E-state index in [-0.39, 0.29) is 12.0 Å². The third-order valence-corrected chi connectivity index (χ3v) is 6.88. The van der Waals surface area contributed by atoms with E-state index in [9.17, 15) is 15.0 Å². The molecule has 0 bridgehead atoms. The summed E-state index contributed by atoms with van der Waals surface area (Å²) in [5.41, 5.74) is 0. The first-order chi connectivity index (χ1) is 17.5. The molecule has 2 aromatic heterocycles. The molecule has 0 aromatic carbocycles. The van der Waals surface area contributed by atoms with Crippen molar-refractivity contribution in [2.45, 2.75) is 44.6 Å². The average Bonchev–Trinajstić information content (AvgIpc) is 2.91. The van der Waals surface area contributed by atoms with Gasteiger partial charge in [-0.25, -0.2) is 9.97 Å². The predicted octanol–water partition coefficient (Wildman–Crippen LogP) is 4.02. The number of rotatable bonds is 7. The summed E-state index contributed by atoms with van der Waals surface area (Å²) in [6.45, 7) is 2.87. The van der Waals surface area contributed by atoms with Crippen LogP contribution in [-0.4, -0.2) is 63.4 Å². The highest BCUT2D eigenvalue weighted by molar-refractivity contribution is 5.70. The molecule has 0 unspecified atom stereocenters. The first-order valence-corrected chi connectivity index (χ1v) is 12.6. The Balaban J connectivity index is 1.22. The van der Waals surface area contributed by atoms with Crippen LogP contribution in [-0.2, 0) is 9.53 Å². The number of piperidine rings is 2. The quantitative estimate of drug-likeness (QED) is 0.522. The van der Waals surface area contributed by atoms with E-state index >= 15 is 0 Å². The fraction of sp³-hybridized carbons (Fsp3) is 0.462. The molecule has 1 atom stereocenters. The van der Waals surface area contributed by atoms with Crippen molar-refractivity contribution in [3.8, 4) is 0 Å². The van der Waals surface area contributed by atoms with Gasteiger partial charge >= 0.3 is 5.97 Å². The monoisotopic (exact) mass is 492 g/mol. The van der Waals surface area contributed by atoms with E-state index in [2.05, 4.69) is 20.1 Å². The van der Waals surface area contributed by atoms with E-state index < -0.39 is 5.97 Å². The van der Waals surface area contributed by atoms with Crippen molar-refractivity contribution < 1.29 is 19.7 Å². The van der Waals surface area contributed by atoms with Crippen molar-refractivity contribution in [2.75, 3.05) is 41.3 Å². The number of aliphatic hydroxyl groups is 1. The van der Waals surface area contributed by atoms with E-state index in [4.69, 9.17) is 14.7 Å². The SMILES string of the molecule is O=C(O)C1CCN(c2cccc(Nc3cncc(N4CCC[C@@H](OC5=C(O)CCC=C5)C4)n3)n2)CC1. The highest BCUT2D eigenvalue weighted by Gasteiger charge is 2.26. The first kappa shape index (κ1) is 23.9. The molecule has 5 rings (SSSR count). The van der Waals surface area contributed by atoms with Crippen LogP contribution in [0.3, 0.4) is 0 Å². The number of carboxylic acids is 1. The van der Waals surface area contributed by atoms with Crippen LogP contribution in [0, 0.1) is 5.92 Å². The van der Waals surface area contributed by atoms with Crippen LogP contribution >= 0.6 is 0 Å². The normalized spacial score (nSPS) is 20.9. The number of hydrogen-bond acceptors (Lipinski definition) is 9. The zero-order valence-electron chi connectivity index (χ0n) is 20.2. The topological polar surface area (TPSA) is 124 Å². The number of carbonyl (C=O) groups is 1. The second-order valence-corrected chi connectivity index (χ2v) is 9.45. The molecule has 0 radical (unpaired) electrons. The second-order valence-electron chi connectivity index (χ2n) is 9.45. The van der Waals surface area contributed by atoms with E-state index in [1.54, 1.807) is 12.4 Å². The summed E-state index contributed by atoms with van der Waals surface area (Å²) in [4.78, 5) is 29.4. The fourth-order valence-corrected chi connectivity index (χ4v) is 4.88. The minimum absolute atomic E-state index is 0.0271. The van der Waals surface area contributed by atoms with Crippen molar-refractivity contribution in [2.24, 2.45) is 5.92 Å². The van der Waals surface area contributed by atoms with Crippen LogP contribution in [0.25, 0.3) is 0 Å². The van der Waals surface area contributed by atoms with E-state index in [1.165, 1.54) is 0 Å². The molecule has 3 N–H and O–H groups in total. The molecule has 36 heavy (non-hydrogen) atoms.